The number of benzene rings is 6. The van der Waals surface area contributed by atoms with Gasteiger partial charge in [0.2, 0.25) is 6.08 Å². The molecule has 4 saturated heterocycles. The number of hydrogen-bond donors (Lipinski definition) is 6. The summed E-state index contributed by atoms with van der Waals surface area (Å²) >= 11 is 0. The summed E-state index contributed by atoms with van der Waals surface area (Å²) in [6.45, 7) is 15.8. The van der Waals surface area contributed by atoms with E-state index in [9.17, 15) is 43.2 Å². The molecular formula is C82H100N14O15. The number of esters is 2. The maximum atomic E-state index is 13.8. The smallest absolute Gasteiger partial charge is 0.337 e. The third-order valence-electron chi connectivity index (χ3n) is 19.3. The zero-order valence-electron chi connectivity index (χ0n) is 63.7. The summed E-state index contributed by atoms with van der Waals surface area (Å²) < 4.78 is 25.2. The highest BCUT2D eigenvalue weighted by Crippen LogP contribution is 2.35. The van der Waals surface area contributed by atoms with Gasteiger partial charge in [0.15, 0.2) is 0 Å². The van der Waals surface area contributed by atoms with E-state index in [0.29, 0.717) is 89.2 Å². The molecule has 7 aromatic rings. The van der Waals surface area contributed by atoms with Gasteiger partial charge in [0.25, 0.3) is 11.8 Å². The Morgan fingerprint density at radius 2 is 0.991 bits per heavy atom. The summed E-state index contributed by atoms with van der Waals surface area (Å²) in [5.74, 6) is -2.38. The van der Waals surface area contributed by atoms with Gasteiger partial charge < -0.3 is 75.0 Å². The number of isocyanates is 1. The van der Waals surface area contributed by atoms with Crippen LogP contribution in [0.4, 0.5) is 48.5 Å². The predicted octanol–water partition coefficient (Wildman–Crippen LogP) is 10.5. The molecule has 0 spiro atoms. The molecule has 1 unspecified atom stereocenters. The molecule has 6 aromatic carbocycles. The molecule has 111 heavy (non-hydrogen) atoms. The monoisotopic (exact) mass is 1520 g/mol. The van der Waals surface area contributed by atoms with E-state index in [2.05, 4.69) is 84.9 Å². The molecule has 1 aromatic heterocycles. The lowest BCUT2D eigenvalue weighted by Crippen LogP contribution is -2.42. The number of nitrogens with one attached hydrogen (secondary N) is 5. The van der Waals surface area contributed by atoms with Crippen LogP contribution in [0.1, 0.15) is 101 Å². The average molecular weight is 1520 g/mol. The van der Waals surface area contributed by atoms with Gasteiger partial charge in [-0.15, -0.1) is 0 Å². The number of hydrogen-bond acceptors (Lipinski definition) is 20. The Bertz CT molecular complexity index is 4330. The maximum Gasteiger partial charge on any atom is 0.337 e. The number of pyridine rings is 1. The molecule has 6 N–H and O–H groups in total. The first-order valence-electron chi connectivity index (χ1n) is 37.2. The number of anilines is 5. The number of amides is 8. The van der Waals surface area contributed by atoms with Gasteiger partial charge in [0.05, 0.1) is 93.7 Å². The fraction of sp³-hybridized carbons (Fsp3) is 0.390. The van der Waals surface area contributed by atoms with E-state index in [-0.39, 0.29) is 41.5 Å². The average Bonchev–Trinajstić information content (AvgIpc) is 0.794. The molecule has 0 saturated carbocycles. The van der Waals surface area contributed by atoms with Crippen molar-refractivity contribution in [3.8, 4) is 11.3 Å². The van der Waals surface area contributed by atoms with Gasteiger partial charge in [-0.2, -0.15) is 4.99 Å². The summed E-state index contributed by atoms with van der Waals surface area (Å²) in [5.41, 5.74) is 9.20. The van der Waals surface area contributed by atoms with Crippen molar-refractivity contribution in [2.45, 2.75) is 44.6 Å². The number of urea groups is 3. The highest BCUT2D eigenvalue weighted by Gasteiger charge is 2.25. The lowest BCUT2D eigenvalue weighted by Gasteiger charge is -2.29. The number of rotatable bonds is 22. The predicted molar refractivity (Wildman–Crippen MR) is 423 cm³/mol. The largest absolute Gasteiger partial charge is 0.478 e. The number of aromatic carboxylic acids is 1. The summed E-state index contributed by atoms with van der Waals surface area (Å²) in [6.07, 6.45) is 9.46. The second-order valence-electron chi connectivity index (χ2n) is 27.0. The topological polar surface area (TPSA) is 328 Å². The van der Waals surface area contributed by atoms with Crippen molar-refractivity contribution in [3.63, 3.8) is 0 Å². The van der Waals surface area contributed by atoms with Crippen molar-refractivity contribution in [3.05, 3.63) is 197 Å². The number of carboxylic acids is 1. The van der Waals surface area contributed by atoms with E-state index < -0.39 is 17.9 Å². The molecule has 12 rings (SSSR count). The fourth-order valence-corrected chi connectivity index (χ4v) is 12.8. The lowest BCUT2D eigenvalue weighted by molar-refractivity contribution is 0.0358. The van der Waals surface area contributed by atoms with Crippen LogP contribution in [0.25, 0.3) is 11.3 Å². The summed E-state index contributed by atoms with van der Waals surface area (Å²) in [4.78, 5) is 130. The van der Waals surface area contributed by atoms with Crippen molar-refractivity contribution < 1.29 is 71.9 Å². The van der Waals surface area contributed by atoms with Gasteiger partial charge in [0.1, 0.15) is 0 Å². The number of likely N-dealkylation sites (N-methyl/N-ethyl adjacent to an activating group) is 3. The quantitative estimate of drug-likeness (QED) is 0.0209. The minimum atomic E-state index is -1.02. The van der Waals surface area contributed by atoms with E-state index in [4.69, 9.17) is 24.3 Å². The highest BCUT2D eigenvalue weighted by molar-refractivity contribution is 6.08. The number of fused-ring (bicyclic) bond motifs is 1. The molecule has 29 heteroatoms. The molecule has 5 heterocycles. The first-order chi connectivity index (χ1) is 53.8. The van der Waals surface area contributed by atoms with Gasteiger partial charge >= 0.3 is 36.0 Å². The van der Waals surface area contributed by atoms with E-state index in [0.717, 1.165) is 142 Å². The van der Waals surface area contributed by atoms with Crippen molar-refractivity contribution in [2.24, 2.45) is 4.99 Å². The molecule has 588 valence electrons. The van der Waals surface area contributed by atoms with Crippen molar-refractivity contribution in [2.75, 3.05) is 193 Å². The number of ether oxygens (including phenoxy) is 5. The Morgan fingerprint density at radius 3 is 1.51 bits per heavy atom. The number of carbonyl (C=O) groups excluding carboxylic acids is 8. The van der Waals surface area contributed by atoms with Crippen LogP contribution in [0.2, 0.25) is 0 Å². The number of carboxylic acid groups (broad SMARTS) is 1. The molecule has 4 fully saturated rings. The Kier molecular flexibility index (Phi) is 32.9. The van der Waals surface area contributed by atoms with Crippen molar-refractivity contribution >= 4 is 88.0 Å². The lowest BCUT2D eigenvalue weighted by atomic mass is 9.87. The van der Waals surface area contributed by atoms with Crippen LogP contribution in [0, 0.1) is 0 Å². The first kappa shape index (κ1) is 83.6. The van der Waals surface area contributed by atoms with Crippen LogP contribution in [-0.2, 0) is 34.9 Å². The Labute approximate surface area is 647 Å². The molecular weight excluding hydrogens is 1420 g/mol. The number of nitrogens with zero attached hydrogens (tertiary/aromatic N) is 9. The standard InChI is InChI=1S/C42H49N7O4.C16H23N3O4.C15H21N3O4.C9H7NO3/c1-47(21-22-48-23-25-53-26-24-48)42(52)44-33-12-7-11-31(27-33)40(50)46-38-16-15-34(49-19-5-2-6-20-49)29-36(38)39-28-32(17-18-43-39)41(51)45-37-14-8-10-30-9-3-4-13-35(30)37;1-18(6-7-19-8-10-23-11-9-19)16(21)17-14-5-3-4-13(12-14)15(20)22-2;1-17(5-6-18-7-9-22-10-8-18)15(21)16-13-4-2-3-12(11-13)14(19)20;1-13-9(12)7-3-2-4-8(5-7)10-6-11/h3-4,7,9,11-13,15-18,27-29,37H,2,5-6,8,10,14,19-26H2,1H3,(H,44,52)(H,45,51)(H,46,50);3-5,12H,6-11H2,1-2H3,(H,17,21);2-4,11H,5-10H2,1H3,(H,16,21)(H,19,20);2-5H,1H3. The number of aliphatic imine (C=N–C) groups is 1. The molecule has 4 aliphatic heterocycles. The van der Waals surface area contributed by atoms with Crippen molar-refractivity contribution in [1.29, 1.82) is 0 Å². The molecule has 8 amide bonds. The third kappa shape index (κ3) is 26.4. The summed E-state index contributed by atoms with van der Waals surface area (Å²) in [6, 6.07) is 43.2. The molecule has 0 radical (unpaired) electrons. The molecule has 5 aliphatic rings. The maximum absolute atomic E-state index is 13.8. The number of methoxy groups -OCH3 is 2. The Morgan fingerprint density at radius 1 is 0.514 bits per heavy atom. The zero-order valence-corrected chi connectivity index (χ0v) is 63.7. The van der Waals surface area contributed by atoms with Crippen LogP contribution < -0.4 is 31.5 Å². The summed E-state index contributed by atoms with van der Waals surface area (Å²) in [5, 5.41) is 23.7. The minimum absolute atomic E-state index is 0.0441. The van der Waals surface area contributed by atoms with E-state index in [1.807, 2.05) is 18.2 Å². The number of piperidine rings is 1. The molecule has 0 bridgehead atoms. The van der Waals surface area contributed by atoms with E-state index in [1.54, 1.807) is 133 Å². The van der Waals surface area contributed by atoms with E-state index >= 15 is 0 Å². The van der Waals surface area contributed by atoms with Gasteiger partial charge in [-0.05, 0) is 153 Å². The number of aromatic nitrogens is 1. The van der Waals surface area contributed by atoms with Crippen molar-refractivity contribution in [1.82, 2.24) is 39.7 Å². The highest BCUT2D eigenvalue weighted by atomic mass is 16.5. The normalized spacial score (nSPS) is 15.5. The van der Waals surface area contributed by atoms with Crippen LogP contribution in [-0.4, -0.2) is 260 Å². The fourth-order valence-electron chi connectivity index (χ4n) is 12.8. The number of carbonyl (C=O) groups is 8. The molecule has 1 atom stereocenters. The van der Waals surface area contributed by atoms with Gasteiger partial charge in [-0.3, -0.25) is 29.3 Å². The van der Waals surface area contributed by atoms with E-state index in [1.165, 1.54) is 56.0 Å². The SMILES string of the molecule is CN(CCN1CCOCC1)C(=O)Nc1cccc(C(=O)Nc2ccc(N3CCCCC3)cc2-c2cc(C(=O)NC3CCCc4ccccc43)ccn2)c1.CN(CCN1CCOCC1)C(=O)Nc1cccc(C(=O)O)c1.COC(=O)c1cccc(N=C=O)c1.COC(=O)c1cccc(NC(=O)N(C)CCN2CCOCC2)c1. The number of aryl methyl sites for hydroxylation is 1. The van der Waals surface area contributed by atoms with Crippen LogP contribution in [0.3, 0.4) is 0 Å². The minimum Gasteiger partial charge on any atom is -0.478 e. The van der Waals surface area contributed by atoms with Crippen LogP contribution in [0.5, 0.6) is 0 Å². The molecule has 29 nitrogen and oxygen atoms in total. The third-order valence-corrected chi connectivity index (χ3v) is 19.3. The Balaban J connectivity index is 0.000000200. The zero-order chi connectivity index (χ0) is 78.9. The van der Waals surface area contributed by atoms with Crippen LogP contribution >= 0.6 is 0 Å². The summed E-state index contributed by atoms with van der Waals surface area (Å²) in [7, 11) is 7.85. The first-order valence-corrected chi connectivity index (χ1v) is 37.2. The van der Waals surface area contributed by atoms with Gasteiger partial charge in [0, 0.05) is 158 Å². The second-order valence-corrected chi connectivity index (χ2v) is 27.0. The van der Waals surface area contributed by atoms with Gasteiger partial charge in [-0.25, -0.2) is 33.6 Å². The Hall–Kier alpha value is -11.4. The second kappa shape index (κ2) is 43.7. The van der Waals surface area contributed by atoms with Gasteiger partial charge in [-0.1, -0.05) is 48.5 Å². The molecule has 1 aliphatic carbocycles. The number of morpholine rings is 3. The van der Waals surface area contributed by atoms with Crippen LogP contribution in [0.15, 0.2) is 163 Å².